The molecule has 3 rings (SSSR count). The van der Waals surface area contributed by atoms with Crippen LogP contribution in [-0.4, -0.2) is 45.6 Å². The van der Waals surface area contributed by atoms with Crippen LogP contribution in [0, 0.1) is 18.3 Å². The van der Waals surface area contributed by atoms with Crippen molar-refractivity contribution in [3.05, 3.63) is 35.5 Å². The highest BCUT2D eigenvalue weighted by atomic mass is 16.5. The van der Waals surface area contributed by atoms with Gasteiger partial charge in [-0.1, -0.05) is 5.21 Å². The van der Waals surface area contributed by atoms with Gasteiger partial charge in [0.15, 0.2) is 5.69 Å². The SMILES string of the molecule is Cc1cc(-c2cc3c(nnn3C)c(C#N)n2)ccc1OCCCNCC(N)=O. The Morgan fingerprint density at radius 1 is 1.39 bits per heavy atom. The lowest BCUT2D eigenvalue weighted by Crippen LogP contribution is -2.29. The van der Waals surface area contributed by atoms with Crippen molar-refractivity contribution in [3.8, 4) is 23.1 Å². The number of primary amides is 1. The van der Waals surface area contributed by atoms with E-state index in [1.807, 2.05) is 31.2 Å². The maximum absolute atomic E-state index is 10.7. The Morgan fingerprint density at radius 3 is 2.93 bits per heavy atom. The highest BCUT2D eigenvalue weighted by molar-refractivity contribution is 5.83. The van der Waals surface area contributed by atoms with Gasteiger partial charge in [-0.15, -0.1) is 5.10 Å². The fourth-order valence-electron chi connectivity index (χ4n) is 2.82. The third-order valence-electron chi connectivity index (χ3n) is 4.23. The molecule has 9 heteroatoms. The number of nitrogens with two attached hydrogens (primary N) is 1. The van der Waals surface area contributed by atoms with Gasteiger partial charge >= 0.3 is 0 Å². The normalized spacial score (nSPS) is 10.8. The molecule has 0 aliphatic carbocycles. The number of amides is 1. The minimum absolute atomic E-state index is 0.169. The first-order valence-electron chi connectivity index (χ1n) is 8.83. The van der Waals surface area contributed by atoms with Crippen LogP contribution in [0.4, 0.5) is 0 Å². The van der Waals surface area contributed by atoms with E-state index in [4.69, 9.17) is 10.5 Å². The van der Waals surface area contributed by atoms with E-state index in [0.717, 1.165) is 28.8 Å². The monoisotopic (exact) mass is 379 g/mol. The van der Waals surface area contributed by atoms with Crippen LogP contribution in [0.3, 0.4) is 0 Å². The molecule has 2 heterocycles. The Morgan fingerprint density at radius 2 is 2.21 bits per heavy atom. The van der Waals surface area contributed by atoms with Gasteiger partial charge in [-0.05, 0) is 49.7 Å². The van der Waals surface area contributed by atoms with E-state index in [-0.39, 0.29) is 18.1 Å². The van der Waals surface area contributed by atoms with E-state index < -0.39 is 0 Å². The molecular weight excluding hydrogens is 358 g/mol. The summed E-state index contributed by atoms with van der Waals surface area (Å²) in [5.41, 5.74) is 9.09. The number of aryl methyl sites for hydroxylation is 2. The molecule has 28 heavy (non-hydrogen) atoms. The lowest BCUT2D eigenvalue weighted by molar-refractivity contribution is -0.117. The molecule has 0 atom stereocenters. The van der Waals surface area contributed by atoms with E-state index in [1.165, 1.54) is 0 Å². The Balaban J connectivity index is 1.72. The lowest BCUT2D eigenvalue weighted by atomic mass is 10.1. The molecule has 0 bridgehead atoms. The number of nitrogens with zero attached hydrogens (tertiary/aromatic N) is 5. The number of aromatic nitrogens is 4. The van der Waals surface area contributed by atoms with Gasteiger partial charge in [0.05, 0.1) is 24.4 Å². The molecule has 3 aromatic rings. The van der Waals surface area contributed by atoms with Gasteiger partial charge in [-0.3, -0.25) is 4.79 Å². The predicted octanol–water partition coefficient (Wildman–Crippen LogP) is 1.05. The van der Waals surface area contributed by atoms with Crippen LogP contribution >= 0.6 is 0 Å². The van der Waals surface area contributed by atoms with Crippen LogP contribution in [0.25, 0.3) is 22.3 Å². The molecule has 144 valence electrons. The zero-order chi connectivity index (χ0) is 20.1. The molecule has 9 nitrogen and oxygen atoms in total. The molecule has 0 unspecified atom stereocenters. The van der Waals surface area contributed by atoms with Gasteiger partial charge in [-0.25, -0.2) is 9.67 Å². The highest BCUT2D eigenvalue weighted by Gasteiger charge is 2.13. The number of nitrogens with one attached hydrogen (secondary N) is 1. The average molecular weight is 379 g/mol. The summed E-state index contributed by atoms with van der Waals surface area (Å²) in [6.45, 7) is 3.30. The van der Waals surface area contributed by atoms with Crippen molar-refractivity contribution in [1.29, 1.82) is 5.26 Å². The Labute approximate surface area is 162 Å². The van der Waals surface area contributed by atoms with Crippen LogP contribution in [-0.2, 0) is 11.8 Å². The lowest BCUT2D eigenvalue weighted by Gasteiger charge is -2.11. The quantitative estimate of drug-likeness (QED) is 0.559. The van der Waals surface area contributed by atoms with E-state index in [0.29, 0.717) is 24.4 Å². The first-order chi connectivity index (χ1) is 13.5. The van der Waals surface area contributed by atoms with Crippen molar-refractivity contribution in [2.24, 2.45) is 12.8 Å². The summed E-state index contributed by atoms with van der Waals surface area (Å²) in [5.74, 6) is 0.406. The molecule has 0 saturated heterocycles. The van der Waals surface area contributed by atoms with Crippen LogP contribution in [0.2, 0.25) is 0 Å². The number of carbonyl (C=O) groups is 1. The Hall–Kier alpha value is -3.51. The maximum Gasteiger partial charge on any atom is 0.231 e. The first-order valence-corrected chi connectivity index (χ1v) is 8.83. The van der Waals surface area contributed by atoms with Crippen molar-refractivity contribution in [2.75, 3.05) is 19.7 Å². The number of pyridine rings is 1. The smallest absolute Gasteiger partial charge is 0.231 e. The Bertz CT molecular complexity index is 1050. The van der Waals surface area contributed by atoms with Crippen LogP contribution in [0.1, 0.15) is 17.7 Å². The molecular formula is C19H21N7O2. The number of nitriles is 1. The summed E-state index contributed by atoms with van der Waals surface area (Å²) in [6.07, 6.45) is 0.756. The number of rotatable bonds is 8. The largest absolute Gasteiger partial charge is 0.493 e. The molecule has 0 spiro atoms. The predicted molar refractivity (Wildman–Crippen MR) is 103 cm³/mol. The van der Waals surface area contributed by atoms with Crippen LogP contribution in [0.5, 0.6) is 5.75 Å². The van der Waals surface area contributed by atoms with Gasteiger partial charge in [0.2, 0.25) is 5.91 Å². The number of ether oxygens (including phenoxy) is 1. The zero-order valence-electron chi connectivity index (χ0n) is 15.8. The summed E-state index contributed by atoms with van der Waals surface area (Å²) in [5, 5.41) is 20.3. The van der Waals surface area contributed by atoms with Crippen molar-refractivity contribution >= 4 is 16.9 Å². The summed E-state index contributed by atoms with van der Waals surface area (Å²) < 4.78 is 7.43. The van der Waals surface area contributed by atoms with Crippen molar-refractivity contribution in [1.82, 2.24) is 25.3 Å². The summed E-state index contributed by atoms with van der Waals surface area (Å²) in [6, 6.07) is 9.73. The zero-order valence-corrected chi connectivity index (χ0v) is 15.8. The fraction of sp³-hybridized carbons (Fsp3) is 0.316. The summed E-state index contributed by atoms with van der Waals surface area (Å²) in [7, 11) is 1.78. The number of benzene rings is 1. The van der Waals surface area contributed by atoms with E-state index in [9.17, 15) is 10.1 Å². The third-order valence-corrected chi connectivity index (χ3v) is 4.23. The molecule has 0 aliphatic rings. The first kappa shape index (κ1) is 19.3. The van der Waals surface area contributed by atoms with Crippen molar-refractivity contribution in [2.45, 2.75) is 13.3 Å². The molecule has 0 saturated carbocycles. The number of hydrogen-bond donors (Lipinski definition) is 2. The second-order valence-corrected chi connectivity index (χ2v) is 6.37. The topological polar surface area (TPSA) is 132 Å². The van der Waals surface area contributed by atoms with Gasteiger partial charge in [0, 0.05) is 12.6 Å². The molecule has 0 fully saturated rings. The van der Waals surface area contributed by atoms with Crippen LogP contribution < -0.4 is 15.8 Å². The number of fused-ring (bicyclic) bond motifs is 1. The van der Waals surface area contributed by atoms with Crippen molar-refractivity contribution in [3.63, 3.8) is 0 Å². The molecule has 1 aromatic carbocycles. The Kier molecular flexibility index (Phi) is 5.81. The molecule has 0 radical (unpaired) electrons. The third kappa shape index (κ3) is 4.24. The second-order valence-electron chi connectivity index (χ2n) is 6.37. The fourth-order valence-corrected chi connectivity index (χ4v) is 2.82. The average Bonchev–Trinajstić information content (AvgIpc) is 3.05. The van der Waals surface area contributed by atoms with E-state index in [2.05, 4.69) is 26.7 Å². The summed E-state index contributed by atoms with van der Waals surface area (Å²) >= 11 is 0. The summed E-state index contributed by atoms with van der Waals surface area (Å²) in [4.78, 5) is 15.1. The van der Waals surface area contributed by atoms with Crippen LogP contribution in [0.15, 0.2) is 24.3 Å². The molecule has 3 N–H and O–H groups in total. The van der Waals surface area contributed by atoms with Gasteiger partial charge in [0.1, 0.15) is 17.3 Å². The molecule has 0 aliphatic heterocycles. The van der Waals surface area contributed by atoms with E-state index >= 15 is 0 Å². The standard InChI is InChI=1S/C19H21N7O2/c1-12-8-13(4-5-17(12)28-7-3-6-22-11-18(21)27)14-9-16-19(15(10-20)23-14)24-25-26(16)2/h4-5,8-9,22H,3,6-7,11H2,1-2H3,(H2,21,27). The molecule has 1 amide bonds. The molecule has 2 aromatic heterocycles. The number of hydrogen-bond acceptors (Lipinski definition) is 7. The second kappa shape index (κ2) is 8.45. The van der Waals surface area contributed by atoms with Gasteiger partial charge < -0.3 is 15.8 Å². The maximum atomic E-state index is 10.7. The minimum atomic E-state index is -0.374. The van der Waals surface area contributed by atoms with Crippen molar-refractivity contribution < 1.29 is 9.53 Å². The highest BCUT2D eigenvalue weighted by Crippen LogP contribution is 2.27. The number of carbonyl (C=O) groups excluding carboxylic acids is 1. The van der Waals surface area contributed by atoms with Gasteiger partial charge in [-0.2, -0.15) is 5.26 Å². The van der Waals surface area contributed by atoms with E-state index in [1.54, 1.807) is 11.7 Å². The van der Waals surface area contributed by atoms with Gasteiger partial charge in [0.25, 0.3) is 0 Å². The minimum Gasteiger partial charge on any atom is -0.493 e.